The molecule has 3 fully saturated rings. The van der Waals surface area contributed by atoms with Crippen LogP contribution < -0.4 is 51.6 Å². The van der Waals surface area contributed by atoms with Crippen LogP contribution in [-0.4, -0.2) is 204 Å². The summed E-state index contributed by atoms with van der Waals surface area (Å²) in [6.45, 7) is 14.3. The summed E-state index contributed by atoms with van der Waals surface area (Å²) in [6.07, 6.45) is 8.62. The number of aromatic nitrogens is 6. The summed E-state index contributed by atoms with van der Waals surface area (Å²) in [5.74, 6) is 1.55. The van der Waals surface area contributed by atoms with Crippen molar-refractivity contribution >= 4 is 121 Å². The highest BCUT2D eigenvalue weighted by Gasteiger charge is 2.22. The van der Waals surface area contributed by atoms with Crippen molar-refractivity contribution in [1.82, 2.24) is 54.8 Å². The van der Waals surface area contributed by atoms with E-state index in [0.717, 1.165) is 159 Å². The summed E-state index contributed by atoms with van der Waals surface area (Å²) in [7, 11) is 8.84. The fraction of sp³-hybridized carbons (Fsp3) is 0.270. The monoisotopic (exact) mass is 1660 g/mol. The maximum atomic E-state index is 12.9. The van der Waals surface area contributed by atoms with Crippen LogP contribution in [0.15, 0.2) is 213 Å². The number of likely N-dealkylation sites (tertiary alicyclic amines) is 1. The highest BCUT2D eigenvalue weighted by Crippen LogP contribution is 2.34. The summed E-state index contributed by atoms with van der Waals surface area (Å²) >= 11 is 4.07. The average molecular weight is 1660 g/mol. The first-order valence-electron chi connectivity index (χ1n) is 39.2. The van der Waals surface area contributed by atoms with Gasteiger partial charge in [0.25, 0.3) is 17.7 Å². The predicted octanol–water partition coefficient (Wildman–Crippen LogP) is 14.6. The highest BCUT2D eigenvalue weighted by molar-refractivity contribution is 7.18. The number of anilines is 10. The molecule has 6 aromatic heterocycles. The summed E-state index contributed by atoms with van der Waals surface area (Å²) in [6, 6.07) is 60.7. The predicted molar refractivity (Wildman–Crippen MR) is 473 cm³/mol. The molecule has 3 aliphatic heterocycles. The first-order valence-corrected chi connectivity index (χ1v) is 41.7. The lowest BCUT2D eigenvalue weighted by Crippen LogP contribution is -2.45. The number of hydrogen-bond acceptors (Lipinski definition) is 26. The van der Waals surface area contributed by atoms with Gasteiger partial charge in [-0.2, -0.15) is 0 Å². The van der Waals surface area contributed by atoms with Gasteiger partial charge in [0.15, 0.2) is 0 Å². The van der Waals surface area contributed by atoms with Gasteiger partial charge in [0.05, 0.1) is 79.3 Å². The van der Waals surface area contributed by atoms with E-state index in [4.69, 9.17) is 19.2 Å². The first kappa shape index (κ1) is 84.5. The Morgan fingerprint density at radius 2 is 0.866 bits per heavy atom. The molecule has 8 N–H and O–H groups in total. The number of likely N-dealkylation sites (N-methyl/N-ethyl adjacent to an activating group) is 2. The molecule has 9 heterocycles. The van der Waals surface area contributed by atoms with Crippen molar-refractivity contribution in [2.75, 3.05) is 151 Å². The van der Waals surface area contributed by atoms with Crippen molar-refractivity contribution in [2.24, 2.45) is 0 Å². The molecule has 3 aliphatic rings. The molecular weight excluding hydrogens is 1560 g/mol. The summed E-state index contributed by atoms with van der Waals surface area (Å²) < 4.78 is 15.4. The van der Waals surface area contributed by atoms with Gasteiger partial charge in [0.2, 0.25) is 23.8 Å². The maximum Gasteiger partial charge on any atom is 0.337 e. The number of hydrogen-bond donors (Lipinski definition) is 8. The molecule has 4 amide bonds. The van der Waals surface area contributed by atoms with E-state index in [1.807, 2.05) is 84.9 Å². The van der Waals surface area contributed by atoms with E-state index >= 15 is 0 Å². The third-order valence-electron chi connectivity index (χ3n) is 20.0. The van der Waals surface area contributed by atoms with Crippen LogP contribution in [0.2, 0.25) is 0 Å². The molecule has 0 radical (unpaired) electrons. The van der Waals surface area contributed by atoms with Crippen molar-refractivity contribution in [3.05, 3.63) is 250 Å². The minimum Gasteiger partial charge on any atom is -0.497 e. The van der Waals surface area contributed by atoms with Gasteiger partial charge in [0.1, 0.15) is 11.5 Å². The molecule has 30 heteroatoms. The number of benzene rings is 6. The number of aliphatic hydroxyl groups excluding tert-OH is 1. The summed E-state index contributed by atoms with van der Waals surface area (Å²) in [5, 5.41) is 31.1. The largest absolute Gasteiger partial charge is 0.497 e. The van der Waals surface area contributed by atoms with Gasteiger partial charge in [-0.1, -0.05) is 42.5 Å². The van der Waals surface area contributed by atoms with Gasteiger partial charge in [-0.05, 0) is 202 Å². The highest BCUT2D eigenvalue weighted by atomic mass is 32.1. The smallest absolute Gasteiger partial charge is 0.337 e. The molecule has 0 bridgehead atoms. The molecule has 0 atom stereocenters. The third-order valence-corrected chi connectivity index (χ3v) is 23.3. The van der Waals surface area contributed by atoms with Gasteiger partial charge < -0.3 is 81.0 Å². The van der Waals surface area contributed by atoms with E-state index in [1.54, 1.807) is 99.5 Å². The number of rotatable bonds is 27. The number of nitrogens with zero attached hydrogens (tertiary/aromatic N) is 11. The van der Waals surface area contributed by atoms with E-state index in [9.17, 15) is 29.1 Å². The second-order valence-electron chi connectivity index (χ2n) is 28.8. The summed E-state index contributed by atoms with van der Waals surface area (Å²) in [4.78, 5) is 105. The molecule has 6 aromatic carbocycles. The summed E-state index contributed by atoms with van der Waals surface area (Å²) in [5.41, 5.74) is 11.7. The molecule has 15 rings (SSSR count). The van der Waals surface area contributed by atoms with Crippen LogP contribution >= 0.6 is 34.0 Å². The third kappa shape index (κ3) is 24.8. The second kappa shape index (κ2) is 41.6. The van der Waals surface area contributed by atoms with Crippen molar-refractivity contribution in [3.8, 4) is 43.2 Å². The van der Waals surface area contributed by atoms with E-state index in [0.29, 0.717) is 73.1 Å². The van der Waals surface area contributed by atoms with Crippen LogP contribution in [0, 0.1) is 0 Å². The number of carbonyl (C=O) groups is 5. The topological polar surface area (TPSA) is 311 Å². The van der Waals surface area contributed by atoms with Crippen molar-refractivity contribution in [2.45, 2.75) is 45.3 Å². The zero-order valence-electron chi connectivity index (χ0n) is 67.2. The Kier molecular flexibility index (Phi) is 29.6. The van der Waals surface area contributed by atoms with Gasteiger partial charge in [-0.25, -0.2) is 34.7 Å². The SMILES string of the molecule is CC(=O)Nc1cccc(NC(=O)c2ccc(-c3ccnc(Nc4cccc(N5CCN(C)CC5)c4)n3)s2)c1.COC(=O)c1cccc(NC(=O)c2ccc(-c3ccnc(Nc4cccc(CCN5CCN(C)CC5)c4)n3)s2)c1.COc1cc(CNC(=O)c2ccc(-c3ccnc(Nc4cccc(CCN5CCC(O)CC5)c4)n3)s2)cc(OC)c1. The number of carbonyl (C=O) groups excluding carboxylic acids is 5. The van der Waals surface area contributed by atoms with Crippen LogP contribution in [0.5, 0.6) is 11.5 Å². The molecule has 0 aliphatic carbocycles. The Balaban J connectivity index is 0.000000155. The molecule has 119 heavy (non-hydrogen) atoms. The lowest BCUT2D eigenvalue weighted by molar-refractivity contribution is -0.114. The zero-order valence-corrected chi connectivity index (χ0v) is 69.6. The fourth-order valence-electron chi connectivity index (χ4n) is 13.4. The van der Waals surface area contributed by atoms with E-state index in [1.165, 1.54) is 64.9 Å². The zero-order chi connectivity index (χ0) is 83.0. The number of thiophene rings is 3. The number of aliphatic hydroxyl groups is 1. The maximum absolute atomic E-state index is 12.9. The Hall–Kier alpha value is -12.4. The first-order chi connectivity index (χ1) is 57.9. The Morgan fingerprint density at radius 1 is 0.437 bits per heavy atom. The number of piperazine rings is 2. The molecule has 614 valence electrons. The minimum atomic E-state index is -0.458. The molecule has 0 unspecified atom stereocenters. The molecule has 0 spiro atoms. The normalized spacial score (nSPS) is 13.9. The van der Waals surface area contributed by atoms with Gasteiger partial charge >= 0.3 is 5.97 Å². The Labute approximate surface area is 703 Å². The molecular formula is C89H96N18O9S3. The lowest BCUT2D eigenvalue weighted by Gasteiger charge is -2.34. The van der Waals surface area contributed by atoms with Gasteiger partial charge in [-0.3, -0.25) is 19.2 Å². The van der Waals surface area contributed by atoms with E-state index < -0.39 is 5.97 Å². The second-order valence-corrected chi connectivity index (χ2v) is 32.0. The minimum absolute atomic E-state index is 0.151. The Morgan fingerprint density at radius 3 is 1.35 bits per heavy atom. The number of methoxy groups -OCH3 is 3. The Bertz CT molecular complexity index is 5420. The average Bonchev–Trinajstić information content (AvgIpc) is 1.80. The number of esters is 1. The standard InChI is InChI=1S/C31H35N5O4S.C30H32N6O3S.C28H29N7O2S/c1-39-25-17-22(18-26(19-25)40-2)20-33-30(38)29-7-6-28(41-29)27-8-12-32-31(35-27)34-23-5-3-4-21(16-23)9-13-36-14-10-24(37)11-15-36;1-35-15-17-36(18-16-35)14-12-21-5-3-7-23(19-21)33-30-31-13-11-25(34-30)26-9-10-27(40-26)28(37)32-24-8-4-6-22(20-24)29(38)39-2;1-19(36)30-20-5-3-6-21(17-20)31-27(37)26-10-9-25(38-26)24-11-12-29-28(33-24)32-22-7-4-8-23(18-22)35-15-13-34(2)14-16-35/h3-8,12,16-19,24,37H,9-11,13-15,20H2,1-2H3,(H,33,38)(H,32,34,35);3-11,13,19-20H,12,14-18H2,1-2H3,(H,32,37)(H,31,33,34);3-12,17-18H,13-16H2,1-2H3,(H,30,36)(H,31,37)(H,29,32,33). The van der Waals surface area contributed by atoms with E-state index in [-0.39, 0.29) is 29.7 Å². The van der Waals surface area contributed by atoms with E-state index in [2.05, 4.69) is 143 Å². The van der Waals surface area contributed by atoms with Crippen LogP contribution in [0.25, 0.3) is 31.7 Å². The van der Waals surface area contributed by atoms with Crippen molar-refractivity contribution in [1.29, 1.82) is 0 Å². The van der Waals surface area contributed by atoms with Crippen LogP contribution in [0.1, 0.15) is 75.8 Å². The lowest BCUT2D eigenvalue weighted by atomic mass is 10.1. The fourth-order valence-corrected chi connectivity index (χ4v) is 16.1. The molecule has 3 saturated heterocycles. The quantitative estimate of drug-likeness (QED) is 0.0222. The van der Waals surface area contributed by atoms with Crippen LogP contribution in [-0.2, 0) is 28.9 Å². The van der Waals surface area contributed by atoms with Crippen LogP contribution in [0.3, 0.4) is 0 Å². The number of nitrogens with one attached hydrogen (secondary N) is 7. The number of amides is 4. The molecule has 27 nitrogen and oxygen atoms in total. The molecule has 12 aromatic rings. The number of ether oxygens (including phenoxy) is 3. The van der Waals surface area contributed by atoms with Gasteiger partial charge in [-0.15, -0.1) is 34.0 Å². The number of piperidine rings is 1. The molecule has 0 saturated carbocycles. The van der Waals surface area contributed by atoms with Crippen molar-refractivity contribution in [3.63, 3.8) is 0 Å². The van der Waals surface area contributed by atoms with Gasteiger partial charge in [0, 0.05) is 156 Å². The van der Waals surface area contributed by atoms with Crippen LogP contribution in [0.4, 0.5) is 57.7 Å². The van der Waals surface area contributed by atoms with Crippen molar-refractivity contribution < 1.29 is 43.3 Å².